The minimum absolute atomic E-state index is 0.638. The maximum absolute atomic E-state index is 6.02. The number of nitrogens with one attached hydrogen (secondary N) is 1. The Morgan fingerprint density at radius 2 is 2.00 bits per heavy atom. The molecule has 0 fully saturated rings. The van der Waals surface area contributed by atoms with Crippen molar-refractivity contribution in [2.24, 2.45) is 5.92 Å². The average Bonchev–Trinajstić information content (AvgIpc) is 2.37. The molecule has 0 amide bonds. The van der Waals surface area contributed by atoms with Gasteiger partial charge in [0.1, 0.15) is 5.82 Å². The molecule has 0 bridgehead atoms. The number of halogens is 1. The van der Waals surface area contributed by atoms with Crippen LogP contribution in [0.5, 0.6) is 0 Å². The fourth-order valence-corrected chi connectivity index (χ4v) is 2.40. The summed E-state index contributed by atoms with van der Waals surface area (Å²) in [4.78, 5) is 9.16. The summed E-state index contributed by atoms with van der Waals surface area (Å²) >= 11 is 6.02. The molecule has 1 heterocycles. The molecule has 0 saturated heterocycles. The predicted octanol–water partition coefficient (Wildman–Crippen LogP) is 3.77. The molecule has 0 aliphatic carbocycles. The van der Waals surface area contributed by atoms with Crippen molar-refractivity contribution in [3.8, 4) is 0 Å². The van der Waals surface area contributed by atoms with Crippen molar-refractivity contribution in [3.63, 3.8) is 0 Å². The highest BCUT2D eigenvalue weighted by Gasteiger charge is 2.05. The highest BCUT2D eigenvalue weighted by atomic mass is 35.5. The molecule has 0 aliphatic rings. The first kappa shape index (κ1) is 15.9. The summed E-state index contributed by atoms with van der Waals surface area (Å²) in [5.74, 6) is 1.48. The zero-order valence-corrected chi connectivity index (χ0v) is 13.6. The summed E-state index contributed by atoms with van der Waals surface area (Å²) in [7, 11) is 0. The van der Waals surface area contributed by atoms with Crippen LogP contribution in [-0.2, 0) is 13.0 Å². The fraction of sp³-hybridized carbons (Fsp3) is 0.412. The van der Waals surface area contributed by atoms with Crippen molar-refractivity contribution in [2.45, 2.75) is 33.7 Å². The summed E-state index contributed by atoms with van der Waals surface area (Å²) < 4.78 is 0. The molecule has 2 rings (SSSR count). The molecule has 1 aromatic carbocycles. The number of rotatable bonds is 6. The van der Waals surface area contributed by atoms with Gasteiger partial charge in [-0.1, -0.05) is 37.6 Å². The number of nitrogens with zero attached hydrogens (tertiary/aromatic N) is 2. The summed E-state index contributed by atoms with van der Waals surface area (Å²) in [6.45, 7) is 8.18. The van der Waals surface area contributed by atoms with E-state index in [2.05, 4.69) is 29.1 Å². The first-order valence-electron chi connectivity index (χ1n) is 7.31. The SMILES string of the molecule is Cc1cc(CNCC(C)C)nc(Cc2cccc(Cl)c2)n1. The molecule has 0 aliphatic heterocycles. The third-order valence-corrected chi connectivity index (χ3v) is 3.30. The summed E-state index contributed by atoms with van der Waals surface area (Å²) in [5, 5.41) is 4.17. The number of hydrogen-bond acceptors (Lipinski definition) is 3. The Labute approximate surface area is 131 Å². The van der Waals surface area contributed by atoms with Gasteiger partial charge in [-0.25, -0.2) is 9.97 Å². The van der Waals surface area contributed by atoms with Gasteiger partial charge in [-0.05, 0) is 43.1 Å². The van der Waals surface area contributed by atoms with Crippen molar-refractivity contribution in [1.82, 2.24) is 15.3 Å². The van der Waals surface area contributed by atoms with Gasteiger partial charge in [0.15, 0.2) is 0 Å². The van der Waals surface area contributed by atoms with E-state index in [0.717, 1.165) is 40.9 Å². The zero-order chi connectivity index (χ0) is 15.2. The number of benzene rings is 1. The fourth-order valence-electron chi connectivity index (χ4n) is 2.19. The summed E-state index contributed by atoms with van der Waals surface area (Å²) in [6, 6.07) is 9.88. The van der Waals surface area contributed by atoms with Crippen molar-refractivity contribution < 1.29 is 0 Å². The predicted molar refractivity (Wildman–Crippen MR) is 87.6 cm³/mol. The standard InChI is InChI=1S/C17H22ClN3/c1-12(2)10-19-11-16-7-13(3)20-17(21-16)9-14-5-4-6-15(18)8-14/h4-8,12,19H,9-11H2,1-3H3. The molecule has 3 nitrogen and oxygen atoms in total. The van der Waals surface area contributed by atoms with Crippen LogP contribution in [-0.4, -0.2) is 16.5 Å². The van der Waals surface area contributed by atoms with Crippen LogP contribution in [0.2, 0.25) is 5.02 Å². The third kappa shape index (κ3) is 5.44. The second kappa shape index (κ2) is 7.53. The molecular weight excluding hydrogens is 282 g/mol. The van der Waals surface area contributed by atoms with Crippen LogP contribution in [0.25, 0.3) is 0 Å². The van der Waals surface area contributed by atoms with Gasteiger partial charge in [0.25, 0.3) is 0 Å². The molecule has 0 atom stereocenters. The van der Waals surface area contributed by atoms with Gasteiger partial charge >= 0.3 is 0 Å². The summed E-state index contributed by atoms with van der Waals surface area (Å²) in [5.41, 5.74) is 3.18. The van der Waals surface area contributed by atoms with Crippen LogP contribution in [0.15, 0.2) is 30.3 Å². The third-order valence-electron chi connectivity index (χ3n) is 3.06. The smallest absolute Gasteiger partial charge is 0.133 e. The minimum Gasteiger partial charge on any atom is -0.311 e. The minimum atomic E-state index is 0.638. The van der Waals surface area contributed by atoms with Crippen LogP contribution < -0.4 is 5.32 Å². The van der Waals surface area contributed by atoms with Crippen LogP contribution in [0.4, 0.5) is 0 Å². The molecule has 0 spiro atoms. The van der Waals surface area contributed by atoms with Crippen molar-refractivity contribution in [3.05, 3.63) is 58.1 Å². The van der Waals surface area contributed by atoms with E-state index < -0.39 is 0 Å². The Kier molecular flexibility index (Phi) is 5.71. The first-order chi connectivity index (χ1) is 10.0. The molecule has 1 aromatic heterocycles. The topological polar surface area (TPSA) is 37.8 Å². The number of aromatic nitrogens is 2. The van der Waals surface area contributed by atoms with Crippen LogP contribution in [0, 0.1) is 12.8 Å². The van der Waals surface area contributed by atoms with Gasteiger partial charge in [-0.15, -0.1) is 0 Å². The van der Waals surface area contributed by atoms with Gasteiger partial charge in [-0.3, -0.25) is 0 Å². The monoisotopic (exact) mass is 303 g/mol. The molecular formula is C17H22ClN3. The second-order valence-corrected chi connectivity index (χ2v) is 6.18. The molecule has 21 heavy (non-hydrogen) atoms. The molecule has 0 unspecified atom stereocenters. The largest absolute Gasteiger partial charge is 0.311 e. The Bertz CT molecular complexity index is 596. The van der Waals surface area contributed by atoms with Gasteiger partial charge < -0.3 is 5.32 Å². The van der Waals surface area contributed by atoms with E-state index in [1.54, 1.807) is 0 Å². The van der Waals surface area contributed by atoms with E-state index in [1.165, 1.54) is 0 Å². The average molecular weight is 304 g/mol. The zero-order valence-electron chi connectivity index (χ0n) is 12.9. The normalized spacial score (nSPS) is 11.1. The number of hydrogen-bond donors (Lipinski definition) is 1. The highest BCUT2D eigenvalue weighted by molar-refractivity contribution is 6.30. The van der Waals surface area contributed by atoms with Gasteiger partial charge in [0.05, 0.1) is 5.69 Å². The molecule has 0 saturated carbocycles. The van der Waals surface area contributed by atoms with Gasteiger partial charge in [0, 0.05) is 23.7 Å². The molecule has 0 radical (unpaired) electrons. The molecule has 1 N–H and O–H groups in total. The maximum atomic E-state index is 6.02. The van der Waals surface area contributed by atoms with E-state index in [0.29, 0.717) is 12.3 Å². The lowest BCUT2D eigenvalue weighted by atomic mass is 10.1. The van der Waals surface area contributed by atoms with Crippen molar-refractivity contribution in [1.29, 1.82) is 0 Å². The highest BCUT2D eigenvalue weighted by Crippen LogP contribution is 2.13. The van der Waals surface area contributed by atoms with E-state index >= 15 is 0 Å². The summed E-state index contributed by atoms with van der Waals surface area (Å²) in [6.07, 6.45) is 0.708. The van der Waals surface area contributed by atoms with Gasteiger partial charge in [0.2, 0.25) is 0 Å². The second-order valence-electron chi connectivity index (χ2n) is 5.75. The lowest BCUT2D eigenvalue weighted by molar-refractivity contribution is 0.547. The van der Waals surface area contributed by atoms with Crippen LogP contribution in [0.3, 0.4) is 0 Å². The van der Waals surface area contributed by atoms with E-state index in [-0.39, 0.29) is 0 Å². The van der Waals surface area contributed by atoms with Crippen LogP contribution >= 0.6 is 11.6 Å². The van der Waals surface area contributed by atoms with Crippen molar-refractivity contribution in [2.75, 3.05) is 6.54 Å². The lowest BCUT2D eigenvalue weighted by Gasteiger charge is -2.09. The van der Waals surface area contributed by atoms with E-state index in [4.69, 9.17) is 11.6 Å². The first-order valence-corrected chi connectivity index (χ1v) is 7.69. The Balaban J connectivity index is 2.07. The van der Waals surface area contributed by atoms with E-state index in [1.807, 2.05) is 37.3 Å². The lowest BCUT2D eigenvalue weighted by Crippen LogP contribution is -2.20. The molecule has 4 heteroatoms. The molecule has 112 valence electrons. The van der Waals surface area contributed by atoms with E-state index in [9.17, 15) is 0 Å². The quantitative estimate of drug-likeness (QED) is 0.882. The Morgan fingerprint density at radius 3 is 2.71 bits per heavy atom. The van der Waals surface area contributed by atoms with Crippen LogP contribution in [0.1, 0.15) is 36.6 Å². The maximum Gasteiger partial charge on any atom is 0.133 e. The molecule has 2 aromatic rings. The Morgan fingerprint density at radius 1 is 1.19 bits per heavy atom. The van der Waals surface area contributed by atoms with Crippen molar-refractivity contribution >= 4 is 11.6 Å². The Hall–Kier alpha value is -1.45. The number of aryl methyl sites for hydroxylation is 1. The van der Waals surface area contributed by atoms with Gasteiger partial charge in [-0.2, -0.15) is 0 Å².